The summed E-state index contributed by atoms with van der Waals surface area (Å²) in [6.07, 6.45) is -2.87. The second-order valence-corrected chi connectivity index (χ2v) is 6.18. The highest BCUT2D eigenvalue weighted by Crippen LogP contribution is 2.31. The molecule has 142 valence electrons. The molecule has 1 aromatic heterocycles. The fraction of sp³-hybridized carbons (Fsp3) is 0.136. The lowest BCUT2D eigenvalue weighted by Crippen LogP contribution is -2.05. The molecule has 0 aliphatic carbocycles. The van der Waals surface area contributed by atoms with E-state index < -0.39 is 11.7 Å². The molecule has 0 atom stereocenters. The third-order valence-electron chi connectivity index (χ3n) is 4.35. The van der Waals surface area contributed by atoms with Crippen molar-refractivity contribution in [3.63, 3.8) is 0 Å². The highest BCUT2D eigenvalue weighted by atomic mass is 19.4. The van der Waals surface area contributed by atoms with Gasteiger partial charge >= 0.3 is 6.18 Å². The van der Waals surface area contributed by atoms with Crippen molar-refractivity contribution in [2.24, 2.45) is 0 Å². The van der Waals surface area contributed by atoms with Crippen LogP contribution in [0.2, 0.25) is 0 Å². The molecule has 0 bridgehead atoms. The average molecular weight is 382 g/mol. The molecule has 3 rings (SSSR count). The van der Waals surface area contributed by atoms with Gasteiger partial charge in [0, 0.05) is 17.1 Å². The summed E-state index contributed by atoms with van der Waals surface area (Å²) >= 11 is 0. The zero-order valence-corrected chi connectivity index (χ0v) is 15.3. The van der Waals surface area contributed by atoms with Gasteiger partial charge in [-0.1, -0.05) is 12.1 Å². The Morgan fingerprint density at radius 1 is 1.07 bits per heavy atom. The van der Waals surface area contributed by atoms with E-state index in [1.54, 1.807) is 13.2 Å². The third-order valence-corrected chi connectivity index (χ3v) is 4.35. The second kappa shape index (κ2) is 7.65. The van der Waals surface area contributed by atoms with Crippen LogP contribution < -0.4 is 4.74 Å². The predicted octanol–water partition coefficient (Wildman–Crippen LogP) is 5.88. The van der Waals surface area contributed by atoms with Crippen molar-refractivity contribution in [2.45, 2.75) is 13.1 Å². The lowest BCUT2D eigenvalue weighted by atomic mass is 10.0. The van der Waals surface area contributed by atoms with Crippen molar-refractivity contribution in [2.75, 3.05) is 7.11 Å². The Hall–Kier alpha value is -3.46. The highest BCUT2D eigenvalue weighted by Gasteiger charge is 2.30. The van der Waals surface area contributed by atoms with Crippen LogP contribution in [0.25, 0.3) is 17.3 Å². The van der Waals surface area contributed by atoms with E-state index >= 15 is 0 Å². The number of ether oxygens (including phenoxy) is 1. The molecular weight excluding hydrogens is 365 g/mol. The Bertz CT molecular complexity index is 1050. The van der Waals surface area contributed by atoms with Gasteiger partial charge in [-0.15, -0.1) is 0 Å². The van der Waals surface area contributed by atoms with Crippen LogP contribution in [-0.4, -0.2) is 11.7 Å². The number of nitriles is 1. The van der Waals surface area contributed by atoms with Gasteiger partial charge in [-0.3, -0.25) is 0 Å². The van der Waals surface area contributed by atoms with E-state index in [0.717, 1.165) is 23.5 Å². The Morgan fingerprint density at radius 3 is 2.39 bits per heavy atom. The summed E-state index contributed by atoms with van der Waals surface area (Å²) in [4.78, 5) is 0. The molecule has 0 saturated heterocycles. The minimum Gasteiger partial charge on any atom is -0.497 e. The summed E-state index contributed by atoms with van der Waals surface area (Å²) in [6.45, 7) is 1.91. The molecule has 2 aromatic carbocycles. The van der Waals surface area contributed by atoms with Crippen molar-refractivity contribution in [1.82, 2.24) is 4.57 Å². The maximum atomic E-state index is 13.0. The first kappa shape index (κ1) is 19.3. The minimum atomic E-state index is -4.46. The molecule has 0 amide bonds. The van der Waals surface area contributed by atoms with Crippen LogP contribution in [-0.2, 0) is 6.18 Å². The first-order valence-corrected chi connectivity index (χ1v) is 8.45. The zero-order chi connectivity index (χ0) is 20.3. The highest BCUT2D eigenvalue weighted by molar-refractivity contribution is 5.89. The van der Waals surface area contributed by atoms with Gasteiger partial charge in [-0.25, -0.2) is 0 Å². The second-order valence-electron chi connectivity index (χ2n) is 6.18. The predicted molar refractivity (Wildman–Crippen MR) is 102 cm³/mol. The Kier molecular flexibility index (Phi) is 5.27. The molecule has 6 heteroatoms. The standard InChI is InChI=1S/C22H17F3N2O/c1-15-6-7-20(27(15)19-8-10-21(28-2)11-9-19)13-17(14-26)16-4-3-5-18(12-16)22(23,24)25/h3-13H,1-2H3/b17-13-. The monoisotopic (exact) mass is 382 g/mol. The van der Waals surface area contributed by atoms with Gasteiger partial charge in [0.2, 0.25) is 0 Å². The molecule has 0 unspecified atom stereocenters. The third kappa shape index (κ3) is 3.94. The molecule has 3 nitrogen and oxygen atoms in total. The molecular formula is C22H17F3N2O. The number of alkyl halides is 3. The molecule has 0 fully saturated rings. The van der Waals surface area contributed by atoms with E-state index in [9.17, 15) is 18.4 Å². The van der Waals surface area contributed by atoms with Crippen molar-refractivity contribution in [1.29, 1.82) is 5.26 Å². The van der Waals surface area contributed by atoms with Crippen molar-refractivity contribution in [3.05, 3.63) is 83.2 Å². The normalized spacial score (nSPS) is 11.9. The van der Waals surface area contributed by atoms with Crippen LogP contribution in [0.3, 0.4) is 0 Å². The largest absolute Gasteiger partial charge is 0.497 e. The Labute approximate surface area is 160 Å². The number of methoxy groups -OCH3 is 1. The summed E-state index contributed by atoms with van der Waals surface area (Å²) < 4.78 is 46.1. The molecule has 0 spiro atoms. The Morgan fingerprint density at radius 2 is 1.79 bits per heavy atom. The number of hydrogen-bond acceptors (Lipinski definition) is 2. The smallest absolute Gasteiger partial charge is 0.416 e. The number of nitrogens with zero attached hydrogens (tertiary/aromatic N) is 2. The lowest BCUT2D eigenvalue weighted by molar-refractivity contribution is -0.137. The molecule has 0 aliphatic heterocycles. The fourth-order valence-electron chi connectivity index (χ4n) is 2.95. The molecule has 0 aliphatic rings. The fourth-order valence-corrected chi connectivity index (χ4v) is 2.95. The van der Waals surface area contributed by atoms with Crippen LogP contribution >= 0.6 is 0 Å². The number of allylic oxidation sites excluding steroid dienone is 1. The van der Waals surface area contributed by atoms with E-state index in [1.807, 2.05) is 54.0 Å². The molecule has 0 radical (unpaired) electrons. The average Bonchev–Trinajstić information content (AvgIpc) is 3.05. The van der Waals surface area contributed by atoms with Gasteiger partial charge < -0.3 is 9.30 Å². The molecule has 3 aromatic rings. The van der Waals surface area contributed by atoms with Crippen LogP contribution in [0.5, 0.6) is 5.75 Å². The van der Waals surface area contributed by atoms with Gasteiger partial charge in [-0.2, -0.15) is 18.4 Å². The summed E-state index contributed by atoms with van der Waals surface area (Å²) in [5.74, 6) is 0.715. The zero-order valence-electron chi connectivity index (χ0n) is 15.3. The van der Waals surface area contributed by atoms with Crippen LogP contribution in [0, 0.1) is 18.3 Å². The van der Waals surface area contributed by atoms with Crippen LogP contribution in [0.1, 0.15) is 22.5 Å². The topological polar surface area (TPSA) is 38.0 Å². The number of benzene rings is 2. The van der Waals surface area contributed by atoms with Gasteiger partial charge in [0.25, 0.3) is 0 Å². The number of aryl methyl sites for hydroxylation is 1. The van der Waals surface area contributed by atoms with E-state index in [4.69, 9.17) is 4.74 Å². The molecule has 1 heterocycles. The number of rotatable bonds is 4. The van der Waals surface area contributed by atoms with Crippen LogP contribution in [0.4, 0.5) is 13.2 Å². The van der Waals surface area contributed by atoms with E-state index in [1.165, 1.54) is 12.1 Å². The number of hydrogen-bond donors (Lipinski definition) is 0. The summed E-state index contributed by atoms with van der Waals surface area (Å²) in [5.41, 5.74) is 2.06. The first-order valence-electron chi connectivity index (χ1n) is 8.45. The molecule has 0 saturated carbocycles. The summed E-state index contributed by atoms with van der Waals surface area (Å²) in [7, 11) is 1.58. The summed E-state index contributed by atoms with van der Waals surface area (Å²) in [5, 5.41) is 9.55. The molecule has 28 heavy (non-hydrogen) atoms. The number of aromatic nitrogens is 1. The van der Waals surface area contributed by atoms with Gasteiger partial charge in [-0.05, 0) is 67.1 Å². The summed E-state index contributed by atoms with van der Waals surface area (Å²) in [6, 6.07) is 17.9. The lowest BCUT2D eigenvalue weighted by Gasteiger charge is -2.11. The molecule has 0 N–H and O–H groups in total. The van der Waals surface area contributed by atoms with Crippen molar-refractivity contribution in [3.8, 4) is 17.5 Å². The van der Waals surface area contributed by atoms with E-state index in [-0.39, 0.29) is 11.1 Å². The SMILES string of the molecule is COc1ccc(-n2c(C)ccc2/C=C(/C#N)c2cccc(C(F)(F)F)c2)cc1. The maximum Gasteiger partial charge on any atom is 0.416 e. The van der Waals surface area contributed by atoms with Crippen molar-refractivity contribution < 1.29 is 17.9 Å². The first-order chi connectivity index (χ1) is 13.3. The van der Waals surface area contributed by atoms with E-state index in [2.05, 4.69) is 0 Å². The number of halogens is 3. The minimum absolute atomic E-state index is 0.152. The van der Waals surface area contributed by atoms with Gasteiger partial charge in [0.05, 0.1) is 24.3 Å². The van der Waals surface area contributed by atoms with Crippen LogP contribution in [0.15, 0.2) is 60.7 Å². The van der Waals surface area contributed by atoms with E-state index in [0.29, 0.717) is 11.4 Å². The van der Waals surface area contributed by atoms with Gasteiger partial charge in [0.1, 0.15) is 5.75 Å². The van der Waals surface area contributed by atoms with Crippen molar-refractivity contribution >= 4 is 11.6 Å². The quantitative estimate of drug-likeness (QED) is 0.529. The maximum absolute atomic E-state index is 13.0. The Balaban J connectivity index is 2.06. The van der Waals surface area contributed by atoms with Gasteiger partial charge in [0.15, 0.2) is 0 Å².